The minimum Gasteiger partial charge on any atom is -0.347 e. The van der Waals surface area contributed by atoms with E-state index >= 15 is 0 Å². The first-order valence-corrected chi connectivity index (χ1v) is 10.3. The van der Waals surface area contributed by atoms with Gasteiger partial charge in [0.2, 0.25) is 0 Å². The van der Waals surface area contributed by atoms with Crippen LogP contribution in [0.25, 0.3) is 16.6 Å². The maximum absolute atomic E-state index is 13.4. The Kier molecular flexibility index (Phi) is 5.94. The van der Waals surface area contributed by atoms with Crippen LogP contribution in [0.4, 0.5) is 4.39 Å². The number of halogens is 1. The van der Waals surface area contributed by atoms with Crippen LogP contribution in [-0.4, -0.2) is 22.1 Å². The van der Waals surface area contributed by atoms with Gasteiger partial charge in [-0.1, -0.05) is 48.5 Å². The standard InChI is InChI=1S/C26H23FN2O2/c1-18(10-11-19-7-3-2-4-8-19)28-26(31)25(30)24-23(20-12-14-21(27)15-13-20)17-22-9-5-6-16-29(22)24/h2-9,12-18H,10-11H2,1H3,(H,28,31)/t18-/m0/s1. The molecule has 1 atom stereocenters. The molecule has 4 aromatic rings. The Morgan fingerprint density at radius 3 is 2.42 bits per heavy atom. The third-order valence-electron chi connectivity index (χ3n) is 5.34. The van der Waals surface area contributed by atoms with E-state index in [1.165, 1.54) is 17.7 Å². The summed E-state index contributed by atoms with van der Waals surface area (Å²) < 4.78 is 15.1. The number of fused-ring (bicyclic) bond motifs is 1. The topological polar surface area (TPSA) is 50.6 Å². The van der Waals surface area contributed by atoms with E-state index < -0.39 is 11.7 Å². The second-order valence-electron chi connectivity index (χ2n) is 7.64. The van der Waals surface area contributed by atoms with Gasteiger partial charge in [-0.25, -0.2) is 4.39 Å². The van der Waals surface area contributed by atoms with E-state index in [9.17, 15) is 14.0 Å². The Balaban J connectivity index is 1.57. The summed E-state index contributed by atoms with van der Waals surface area (Å²) in [6.45, 7) is 1.89. The first kappa shape index (κ1) is 20.5. The van der Waals surface area contributed by atoms with Gasteiger partial charge >= 0.3 is 0 Å². The SMILES string of the molecule is C[C@@H](CCc1ccccc1)NC(=O)C(=O)c1c(-c2ccc(F)cc2)cc2ccccn12. The van der Waals surface area contributed by atoms with Crippen LogP contribution in [0.2, 0.25) is 0 Å². The zero-order valence-corrected chi connectivity index (χ0v) is 17.2. The lowest BCUT2D eigenvalue weighted by Crippen LogP contribution is -2.38. The lowest BCUT2D eigenvalue weighted by atomic mass is 10.0. The zero-order chi connectivity index (χ0) is 21.8. The van der Waals surface area contributed by atoms with Crippen molar-refractivity contribution < 1.29 is 14.0 Å². The predicted molar refractivity (Wildman–Crippen MR) is 119 cm³/mol. The average Bonchev–Trinajstić information content (AvgIpc) is 3.18. The molecular weight excluding hydrogens is 391 g/mol. The average molecular weight is 414 g/mol. The number of amides is 1. The Labute approximate surface area is 180 Å². The summed E-state index contributed by atoms with van der Waals surface area (Å²) >= 11 is 0. The fourth-order valence-corrected chi connectivity index (χ4v) is 3.70. The van der Waals surface area contributed by atoms with Crippen molar-refractivity contribution in [3.8, 4) is 11.1 Å². The number of aryl methyl sites for hydroxylation is 1. The largest absolute Gasteiger partial charge is 0.347 e. The second-order valence-corrected chi connectivity index (χ2v) is 7.64. The van der Waals surface area contributed by atoms with Gasteiger partial charge in [-0.15, -0.1) is 0 Å². The number of benzene rings is 2. The molecule has 2 heterocycles. The molecule has 0 fully saturated rings. The lowest BCUT2D eigenvalue weighted by molar-refractivity contribution is -0.117. The van der Waals surface area contributed by atoms with Gasteiger partial charge in [-0.3, -0.25) is 9.59 Å². The highest BCUT2D eigenvalue weighted by atomic mass is 19.1. The second kappa shape index (κ2) is 8.96. The summed E-state index contributed by atoms with van der Waals surface area (Å²) in [6, 6.07) is 23.2. The van der Waals surface area contributed by atoms with Crippen LogP contribution in [0.3, 0.4) is 0 Å². The fraction of sp³-hybridized carbons (Fsp3) is 0.154. The zero-order valence-electron chi connectivity index (χ0n) is 17.2. The molecule has 2 aromatic heterocycles. The van der Waals surface area contributed by atoms with E-state index in [1.807, 2.05) is 55.5 Å². The maximum Gasteiger partial charge on any atom is 0.294 e. The maximum atomic E-state index is 13.4. The number of Topliss-reactive ketones (excluding diaryl/α,β-unsaturated/α-hetero) is 1. The summed E-state index contributed by atoms with van der Waals surface area (Å²) in [5, 5.41) is 2.83. The van der Waals surface area contributed by atoms with E-state index in [0.29, 0.717) is 11.1 Å². The van der Waals surface area contributed by atoms with Gasteiger partial charge in [0, 0.05) is 23.3 Å². The number of ketones is 1. The third kappa shape index (κ3) is 4.56. The summed E-state index contributed by atoms with van der Waals surface area (Å²) in [6.07, 6.45) is 3.29. The predicted octanol–water partition coefficient (Wildman–Crippen LogP) is 5.07. The number of carbonyl (C=O) groups excluding carboxylic acids is 2. The highest BCUT2D eigenvalue weighted by molar-refractivity contribution is 6.43. The van der Waals surface area contributed by atoms with Crippen LogP contribution in [0.1, 0.15) is 29.4 Å². The molecule has 0 bridgehead atoms. The van der Waals surface area contributed by atoms with Crippen LogP contribution >= 0.6 is 0 Å². The van der Waals surface area contributed by atoms with Gasteiger partial charge < -0.3 is 9.72 Å². The van der Waals surface area contributed by atoms with Gasteiger partial charge in [-0.05, 0) is 61.2 Å². The Morgan fingerprint density at radius 2 is 1.68 bits per heavy atom. The van der Waals surface area contributed by atoms with Crippen molar-refractivity contribution in [1.29, 1.82) is 0 Å². The van der Waals surface area contributed by atoms with Gasteiger partial charge in [0.15, 0.2) is 0 Å². The molecule has 156 valence electrons. The Morgan fingerprint density at radius 1 is 0.968 bits per heavy atom. The van der Waals surface area contributed by atoms with Crippen LogP contribution in [0.15, 0.2) is 85.1 Å². The first-order valence-electron chi connectivity index (χ1n) is 10.3. The molecule has 0 aliphatic heterocycles. The lowest BCUT2D eigenvalue weighted by Gasteiger charge is -2.14. The quantitative estimate of drug-likeness (QED) is 0.339. The molecule has 0 aliphatic carbocycles. The molecule has 0 spiro atoms. The van der Waals surface area contributed by atoms with Gasteiger partial charge in [0.25, 0.3) is 11.7 Å². The molecule has 0 radical (unpaired) electrons. The highest BCUT2D eigenvalue weighted by Crippen LogP contribution is 2.28. The van der Waals surface area contributed by atoms with Crippen LogP contribution in [-0.2, 0) is 11.2 Å². The van der Waals surface area contributed by atoms with Crippen LogP contribution < -0.4 is 5.32 Å². The summed E-state index contributed by atoms with van der Waals surface area (Å²) in [4.78, 5) is 26.0. The molecule has 4 rings (SSSR count). The number of pyridine rings is 1. The van der Waals surface area contributed by atoms with Gasteiger partial charge in [-0.2, -0.15) is 0 Å². The Hall–Kier alpha value is -3.73. The number of hydrogen-bond donors (Lipinski definition) is 1. The number of hydrogen-bond acceptors (Lipinski definition) is 2. The normalized spacial score (nSPS) is 11.9. The number of carbonyl (C=O) groups is 2. The van der Waals surface area contributed by atoms with Gasteiger partial charge in [0.05, 0.1) is 0 Å². The van der Waals surface area contributed by atoms with Crippen LogP contribution in [0, 0.1) is 5.82 Å². The Bertz CT molecular complexity index is 1210. The van der Waals surface area contributed by atoms with Crippen molar-refractivity contribution in [2.75, 3.05) is 0 Å². The van der Waals surface area contributed by atoms with E-state index in [2.05, 4.69) is 5.32 Å². The van der Waals surface area contributed by atoms with Gasteiger partial charge in [0.1, 0.15) is 11.5 Å². The van der Waals surface area contributed by atoms with E-state index in [-0.39, 0.29) is 17.6 Å². The minimum absolute atomic E-state index is 0.155. The van der Waals surface area contributed by atoms with Crippen molar-refractivity contribution >= 4 is 17.2 Å². The molecule has 0 saturated carbocycles. The van der Waals surface area contributed by atoms with Crippen molar-refractivity contribution in [3.63, 3.8) is 0 Å². The molecule has 0 aliphatic rings. The summed E-state index contributed by atoms with van der Waals surface area (Å²) in [7, 11) is 0. The van der Waals surface area contributed by atoms with E-state index in [0.717, 1.165) is 18.4 Å². The number of nitrogens with zero attached hydrogens (tertiary/aromatic N) is 1. The summed E-state index contributed by atoms with van der Waals surface area (Å²) in [5.41, 5.74) is 3.53. The molecule has 1 amide bonds. The van der Waals surface area contributed by atoms with Crippen molar-refractivity contribution in [3.05, 3.63) is 102 Å². The van der Waals surface area contributed by atoms with Crippen LogP contribution in [0.5, 0.6) is 0 Å². The monoisotopic (exact) mass is 414 g/mol. The number of nitrogens with one attached hydrogen (secondary N) is 1. The first-order chi connectivity index (χ1) is 15.0. The highest BCUT2D eigenvalue weighted by Gasteiger charge is 2.25. The number of rotatable bonds is 7. The van der Waals surface area contributed by atoms with E-state index in [4.69, 9.17) is 0 Å². The molecule has 2 aromatic carbocycles. The molecule has 31 heavy (non-hydrogen) atoms. The fourth-order valence-electron chi connectivity index (χ4n) is 3.70. The third-order valence-corrected chi connectivity index (χ3v) is 5.34. The minimum atomic E-state index is -0.646. The molecular formula is C26H23FN2O2. The molecule has 0 saturated heterocycles. The van der Waals surface area contributed by atoms with Crippen molar-refractivity contribution in [2.24, 2.45) is 0 Å². The smallest absolute Gasteiger partial charge is 0.294 e. The molecule has 5 heteroatoms. The molecule has 1 N–H and O–H groups in total. The van der Waals surface area contributed by atoms with Crippen molar-refractivity contribution in [1.82, 2.24) is 9.72 Å². The summed E-state index contributed by atoms with van der Waals surface area (Å²) in [5.74, 6) is -1.62. The molecule has 4 nitrogen and oxygen atoms in total. The number of aromatic nitrogens is 1. The van der Waals surface area contributed by atoms with E-state index in [1.54, 1.807) is 28.8 Å². The molecule has 0 unspecified atom stereocenters. The van der Waals surface area contributed by atoms with Crippen molar-refractivity contribution in [2.45, 2.75) is 25.8 Å².